The van der Waals surface area contributed by atoms with Crippen molar-refractivity contribution < 1.29 is 4.74 Å². The van der Waals surface area contributed by atoms with Crippen molar-refractivity contribution in [2.75, 3.05) is 6.61 Å². The van der Waals surface area contributed by atoms with Gasteiger partial charge in [0, 0.05) is 12.1 Å². The maximum atomic E-state index is 11.6. The summed E-state index contributed by atoms with van der Waals surface area (Å²) in [5, 5.41) is 0. The van der Waals surface area contributed by atoms with Crippen LogP contribution in [0.1, 0.15) is 45.6 Å². The Morgan fingerprint density at radius 2 is 2.12 bits per heavy atom. The van der Waals surface area contributed by atoms with Crippen molar-refractivity contribution >= 4 is 0 Å². The Kier molecular flexibility index (Phi) is 3.27. The Labute approximate surface area is 102 Å². The van der Waals surface area contributed by atoms with Gasteiger partial charge in [0.1, 0.15) is 0 Å². The van der Waals surface area contributed by atoms with Crippen LogP contribution in [0.5, 0.6) is 5.88 Å². The van der Waals surface area contributed by atoms with Crippen LogP contribution in [0.4, 0.5) is 0 Å². The van der Waals surface area contributed by atoms with Crippen LogP contribution < -0.4 is 10.3 Å². The van der Waals surface area contributed by atoms with E-state index in [-0.39, 0.29) is 11.0 Å². The van der Waals surface area contributed by atoms with Gasteiger partial charge in [0.25, 0.3) is 5.56 Å². The maximum absolute atomic E-state index is 11.6. The van der Waals surface area contributed by atoms with Crippen molar-refractivity contribution in [3.63, 3.8) is 0 Å². The van der Waals surface area contributed by atoms with Crippen molar-refractivity contribution in [3.05, 3.63) is 28.0 Å². The van der Waals surface area contributed by atoms with Crippen LogP contribution in [0.15, 0.2) is 16.9 Å². The molecule has 0 saturated heterocycles. The van der Waals surface area contributed by atoms with Gasteiger partial charge < -0.3 is 4.74 Å². The summed E-state index contributed by atoms with van der Waals surface area (Å²) in [7, 11) is 0. The van der Waals surface area contributed by atoms with Crippen LogP contribution in [0.2, 0.25) is 0 Å². The fourth-order valence-electron chi connectivity index (χ4n) is 1.68. The SMILES string of the molecule is CCC(C)(C)c1cc(OCC2CC2)[nH]c(=O)c1. The first-order valence-corrected chi connectivity index (χ1v) is 6.39. The van der Waals surface area contributed by atoms with Gasteiger partial charge in [0.15, 0.2) is 5.88 Å². The molecule has 94 valence electrons. The van der Waals surface area contributed by atoms with Crippen molar-refractivity contribution in [2.24, 2.45) is 5.92 Å². The molecule has 1 fully saturated rings. The number of pyridine rings is 1. The minimum atomic E-state index is -0.0742. The van der Waals surface area contributed by atoms with E-state index >= 15 is 0 Å². The number of H-pyrrole nitrogens is 1. The average molecular weight is 235 g/mol. The molecule has 1 aromatic rings. The van der Waals surface area contributed by atoms with E-state index in [1.54, 1.807) is 6.07 Å². The minimum Gasteiger partial charge on any atom is -0.479 e. The van der Waals surface area contributed by atoms with Gasteiger partial charge >= 0.3 is 0 Å². The van der Waals surface area contributed by atoms with Crippen molar-refractivity contribution in [1.82, 2.24) is 4.98 Å². The average Bonchev–Trinajstić information content (AvgIpc) is 3.09. The number of rotatable bonds is 5. The topological polar surface area (TPSA) is 42.1 Å². The molecule has 1 aliphatic carbocycles. The van der Waals surface area contributed by atoms with E-state index < -0.39 is 0 Å². The van der Waals surface area contributed by atoms with Crippen molar-refractivity contribution in [1.29, 1.82) is 0 Å². The van der Waals surface area contributed by atoms with E-state index in [0.29, 0.717) is 11.8 Å². The number of nitrogens with one attached hydrogen (secondary N) is 1. The van der Waals surface area contributed by atoms with E-state index in [0.717, 1.165) is 18.6 Å². The van der Waals surface area contributed by atoms with Gasteiger partial charge in [0.05, 0.1) is 6.61 Å². The smallest absolute Gasteiger partial charge is 0.250 e. The fourth-order valence-corrected chi connectivity index (χ4v) is 1.68. The molecule has 0 amide bonds. The molecule has 1 N–H and O–H groups in total. The molecule has 0 bridgehead atoms. The van der Waals surface area contributed by atoms with Gasteiger partial charge in [-0.25, -0.2) is 0 Å². The minimum absolute atomic E-state index is 0.0198. The highest BCUT2D eigenvalue weighted by Gasteiger charge is 2.23. The number of hydrogen-bond donors (Lipinski definition) is 1. The first-order valence-electron chi connectivity index (χ1n) is 6.39. The summed E-state index contributed by atoms with van der Waals surface area (Å²) >= 11 is 0. The van der Waals surface area contributed by atoms with Crippen LogP contribution in [0, 0.1) is 5.92 Å². The lowest BCUT2D eigenvalue weighted by molar-refractivity contribution is 0.286. The van der Waals surface area contributed by atoms with Crippen LogP contribution in [0.3, 0.4) is 0 Å². The molecule has 0 unspecified atom stereocenters. The van der Waals surface area contributed by atoms with E-state index in [1.807, 2.05) is 6.07 Å². The monoisotopic (exact) mass is 235 g/mol. The molecule has 0 radical (unpaired) electrons. The van der Waals surface area contributed by atoms with Crippen LogP contribution >= 0.6 is 0 Å². The van der Waals surface area contributed by atoms with Crippen LogP contribution in [-0.2, 0) is 5.41 Å². The zero-order valence-corrected chi connectivity index (χ0v) is 10.9. The quantitative estimate of drug-likeness (QED) is 0.852. The summed E-state index contributed by atoms with van der Waals surface area (Å²) in [5.74, 6) is 1.31. The van der Waals surface area contributed by atoms with Gasteiger partial charge in [-0.2, -0.15) is 0 Å². The first kappa shape index (κ1) is 12.2. The second-order valence-corrected chi connectivity index (χ2v) is 5.59. The molecule has 3 heteroatoms. The lowest BCUT2D eigenvalue weighted by Crippen LogP contribution is -2.20. The van der Waals surface area contributed by atoms with Gasteiger partial charge in [-0.05, 0) is 36.2 Å². The number of hydrogen-bond acceptors (Lipinski definition) is 2. The Bertz CT molecular complexity index is 444. The first-order chi connectivity index (χ1) is 8.01. The van der Waals surface area contributed by atoms with Crippen molar-refractivity contribution in [3.8, 4) is 5.88 Å². The Balaban J connectivity index is 2.18. The Morgan fingerprint density at radius 3 is 2.71 bits per heavy atom. The molecule has 0 aliphatic heterocycles. The van der Waals surface area contributed by atoms with Crippen LogP contribution in [-0.4, -0.2) is 11.6 Å². The molecule has 1 aromatic heterocycles. The molecule has 17 heavy (non-hydrogen) atoms. The number of ether oxygens (including phenoxy) is 1. The third-order valence-electron chi connectivity index (χ3n) is 3.66. The molecule has 3 nitrogen and oxygen atoms in total. The molecule has 0 atom stereocenters. The standard InChI is InChI=1S/C14H21NO2/c1-4-14(2,3)11-7-12(16)15-13(8-11)17-9-10-5-6-10/h7-8,10H,4-6,9H2,1-3H3,(H,15,16). The van der Waals surface area contributed by atoms with Gasteiger partial charge in [-0.1, -0.05) is 20.8 Å². The zero-order chi connectivity index (χ0) is 12.5. The highest BCUT2D eigenvalue weighted by atomic mass is 16.5. The predicted molar refractivity (Wildman–Crippen MR) is 68.6 cm³/mol. The molecule has 0 aromatic carbocycles. The van der Waals surface area contributed by atoms with Crippen LogP contribution in [0.25, 0.3) is 0 Å². The summed E-state index contributed by atoms with van der Waals surface area (Å²) in [6.45, 7) is 7.15. The fraction of sp³-hybridized carbons (Fsp3) is 0.643. The summed E-state index contributed by atoms with van der Waals surface area (Å²) in [5.41, 5.74) is 0.996. The summed E-state index contributed by atoms with van der Waals surface area (Å²) in [4.78, 5) is 14.3. The second-order valence-electron chi connectivity index (χ2n) is 5.59. The van der Waals surface area contributed by atoms with Gasteiger partial charge in [-0.3, -0.25) is 9.78 Å². The maximum Gasteiger partial charge on any atom is 0.250 e. The van der Waals surface area contributed by atoms with E-state index in [1.165, 1.54) is 12.8 Å². The van der Waals surface area contributed by atoms with Crippen molar-refractivity contribution in [2.45, 2.75) is 45.4 Å². The summed E-state index contributed by atoms with van der Waals surface area (Å²) < 4.78 is 5.64. The lowest BCUT2D eigenvalue weighted by Gasteiger charge is -2.23. The Hall–Kier alpha value is -1.25. The van der Waals surface area contributed by atoms with Gasteiger partial charge in [-0.15, -0.1) is 0 Å². The van der Waals surface area contributed by atoms with E-state index in [9.17, 15) is 4.79 Å². The number of aromatic nitrogens is 1. The molecule has 0 spiro atoms. The van der Waals surface area contributed by atoms with Gasteiger partial charge in [0.2, 0.25) is 0 Å². The highest BCUT2D eigenvalue weighted by molar-refractivity contribution is 5.27. The summed E-state index contributed by atoms with van der Waals surface area (Å²) in [6, 6.07) is 3.64. The molecule has 1 saturated carbocycles. The van der Waals surface area contributed by atoms with E-state index in [4.69, 9.17) is 4.74 Å². The molecule has 1 aliphatic rings. The third kappa shape index (κ3) is 3.11. The lowest BCUT2D eigenvalue weighted by atomic mass is 9.83. The Morgan fingerprint density at radius 1 is 1.41 bits per heavy atom. The number of aromatic amines is 1. The van der Waals surface area contributed by atoms with E-state index in [2.05, 4.69) is 25.8 Å². The largest absolute Gasteiger partial charge is 0.479 e. The summed E-state index contributed by atoms with van der Waals surface area (Å²) in [6.07, 6.45) is 3.51. The third-order valence-corrected chi connectivity index (χ3v) is 3.66. The zero-order valence-electron chi connectivity index (χ0n) is 10.9. The predicted octanol–water partition coefficient (Wildman–Crippen LogP) is 2.85. The molecular weight excluding hydrogens is 214 g/mol. The second kappa shape index (κ2) is 4.55. The highest BCUT2D eigenvalue weighted by Crippen LogP contribution is 2.30. The molecule has 2 rings (SSSR count). The molecule has 1 heterocycles. The molecular formula is C14H21NO2. The normalized spacial score (nSPS) is 15.9.